The Labute approximate surface area is 147 Å². The number of carbonyl (C=O) groups excluding carboxylic acids is 2. The molecule has 0 radical (unpaired) electrons. The zero-order valence-electron chi connectivity index (χ0n) is 15.0. The van der Waals surface area contributed by atoms with Crippen molar-refractivity contribution in [3.05, 3.63) is 23.8 Å². The fourth-order valence-electron chi connectivity index (χ4n) is 2.75. The molecule has 7 heteroatoms. The maximum atomic E-state index is 12.5. The van der Waals surface area contributed by atoms with E-state index in [0.717, 1.165) is 12.0 Å². The molecule has 2 atom stereocenters. The molecule has 25 heavy (non-hydrogen) atoms. The standard InChI is InChI=1S/C18H24N2O5/c1-5-9-25-17(21)15-11(3)19-18(22)20-16(15)12-7-8-13(24-6-2)14(10-12)23-4/h7-8,10,15-16H,5-6,9H2,1-4H3,(H,20,22). The lowest BCUT2D eigenvalue weighted by molar-refractivity contribution is -0.147. The van der Waals surface area contributed by atoms with E-state index in [2.05, 4.69) is 10.3 Å². The van der Waals surface area contributed by atoms with E-state index in [9.17, 15) is 9.59 Å². The SMILES string of the molecule is CCCOC(=O)C1C(C)=NC(=O)NC1c1ccc(OCC)c(OC)c1. The molecule has 0 saturated carbocycles. The van der Waals surface area contributed by atoms with Crippen molar-refractivity contribution in [1.82, 2.24) is 5.32 Å². The number of aliphatic imine (C=N–C) groups is 1. The van der Waals surface area contributed by atoms with Crippen molar-refractivity contribution in [1.29, 1.82) is 0 Å². The molecule has 1 aromatic rings. The summed E-state index contributed by atoms with van der Waals surface area (Å²) < 4.78 is 16.2. The molecule has 2 amide bonds. The van der Waals surface area contributed by atoms with E-state index in [0.29, 0.717) is 30.4 Å². The van der Waals surface area contributed by atoms with Gasteiger partial charge in [-0.2, -0.15) is 0 Å². The second-order valence-corrected chi connectivity index (χ2v) is 5.67. The van der Waals surface area contributed by atoms with Gasteiger partial charge in [-0.1, -0.05) is 13.0 Å². The Morgan fingerprint density at radius 2 is 2.04 bits per heavy atom. The molecule has 0 spiro atoms. The number of hydrogen-bond acceptors (Lipinski definition) is 5. The summed E-state index contributed by atoms with van der Waals surface area (Å²) in [6.07, 6.45) is 0.725. The van der Waals surface area contributed by atoms with Gasteiger partial charge in [-0.25, -0.2) is 9.79 Å². The van der Waals surface area contributed by atoms with Crippen LogP contribution in [0.1, 0.15) is 38.8 Å². The number of esters is 1. The summed E-state index contributed by atoms with van der Waals surface area (Å²) in [6.45, 7) is 6.30. The first-order valence-electron chi connectivity index (χ1n) is 8.34. The fraction of sp³-hybridized carbons (Fsp3) is 0.500. The average molecular weight is 348 g/mol. The van der Waals surface area contributed by atoms with Crippen LogP contribution >= 0.6 is 0 Å². The third kappa shape index (κ3) is 4.29. The highest BCUT2D eigenvalue weighted by atomic mass is 16.5. The number of carbonyl (C=O) groups is 2. The number of amides is 2. The van der Waals surface area contributed by atoms with Gasteiger partial charge in [0.25, 0.3) is 0 Å². The summed E-state index contributed by atoms with van der Waals surface area (Å²) in [5.41, 5.74) is 1.16. The lowest BCUT2D eigenvalue weighted by atomic mass is 9.88. The smallest absolute Gasteiger partial charge is 0.341 e. The van der Waals surface area contributed by atoms with E-state index >= 15 is 0 Å². The van der Waals surface area contributed by atoms with Gasteiger partial charge in [0.05, 0.1) is 26.4 Å². The molecule has 136 valence electrons. The van der Waals surface area contributed by atoms with Crippen molar-refractivity contribution in [2.75, 3.05) is 20.3 Å². The van der Waals surface area contributed by atoms with Crippen LogP contribution in [0.15, 0.2) is 23.2 Å². The molecule has 0 aliphatic carbocycles. The van der Waals surface area contributed by atoms with Gasteiger partial charge >= 0.3 is 12.0 Å². The Hall–Kier alpha value is -2.57. The summed E-state index contributed by atoms with van der Waals surface area (Å²) in [6, 6.07) is 4.28. The molecule has 1 aliphatic rings. The highest BCUT2D eigenvalue weighted by Crippen LogP contribution is 2.34. The molecule has 0 saturated heterocycles. The first-order chi connectivity index (χ1) is 12.0. The number of rotatable bonds is 7. The Morgan fingerprint density at radius 1 is 1.28 bits per heavy atom. The number of nitrogens with zero attached hydrogens (tertiary/aromatic N) is 1. The maximum Gasteiger partial charge on any atom is 0.341 e. The Morgan fingerprint density at radius 3 is 2.68 bits per heavy atom. The monoisotopic (exact) mass is 348 g/mol. The molecule has 1 aliphatic heterocycles. The Bertz CT molecular complexity index is 671. The third-order valence-electron chi connectivity index (χ3n) is 3.89. The van der Waals surface area contributed by atoms with Gasteiger partial charge in [0.2, 0.25) is 0 Å². The Kier molecular flexibility index (Phi) is 6.38. The number of benzene rings is 1. The zero-order valence-corrected chi connectivity index (χ0v) is 15.0. The van der Waals surface area contributed by atoms with E-state index < -0.39 is 24.0 Å². The minimum atomic E-state index is -0.674. The summed E-state index contributed by atoms with van der Waals surface area (Å²) >= 11 is 0. The lowest BCUT2D eigenvalue weighted by Crippen LogP contribution is -2.44. The van der Waals surface area contributed by atoms with Crippen LogP contribution in [-0.4, -0.2) is 38.0 Å². The largest absolute Gasteiger partial charge is 0.493 e. The van der Waals surface area contributed by atoms with Gasteiger partial charge in [-0.05, 0) is 38.0 Å². The molecule has 2 rings (SSSR count). The molecule has 0 bridgehead atoms. The normalized spacial score (nSPS) is 19.7. The van der Waals surface area contributed by atoms with E-state index in [4.69, 9.17) is 14.2 Å². The van der Waals surface area contributed by atoms with Crippen LogP contribution in [0.2, 0.25) is 0 Å². The van der Waals surface area contributed by atoms with Crippen molar-refractivity contribution in [3.8, 4) is 11.5 Å². The van der Waals surface area contributed by atoms with E-state index in [1.165, 1.54) is 0 Å². The van der Waals surface area contributed by atoms with Crippen LogP contribution in [0.25, 0.3) is 0 Å². The van der Waals surface area contributed by atoms with Crippen LogP contribution in [-0.2, 0) is 9.53 Å². The van der Waals surface area contributed by atoms with Gasteiger partial charge in [0.1, 0.15) is 5.92 Å². The van der Waals surface area contributed by atoms with E-state index in [-0.39, 0.29) is 0 Å². The molecule has 2 unspecified atom stereocenters. The number of urea groups is 1. The predicted octanol–water partition coefficient (Wildman–Crippen LogP) is 2.89. The minimum Gasteiger partial charge on any atom is -0.493 e. The molecule has 1 aromatic carbocycles. The van der Waals surface area contributed by atoms with Crippen molar-refractivity contribution in [2.24, 2.45) is 10.9 Å². The lowest BCUT2D eigenvalue weighted by Gasteiger charge is -2.30. The average Bonchev–Trinajstić information content (AvgIpc) is 2.59. The first kappa shape index (κ1) is 18.8. The first-order valence-corrected chi connectivity index (χ1v) is 8.34. The van der Waals surface area contributed by atoms with E-state index in [1.807, 2.05) is 13.8 Å². The van der Waals surface area contributed by atoms with Crippen molar-refractivity contribution >= 4 is 17.7 Å². The van der Waals surface area contributed by atoms with Crippen molar-refractivity contribution in [3.63, 3.8) is 0 Å². The second-order valence-electron chi connectivity index (χ2n) is 5.67. The number of hydrogen-bond donors (Lipinski definition) is 1. The molecule has 1 N–H and O–H groups in total. The molecular weight excluding hydrogens is 324 g/mol. The minimum absolute atomic E-state index is 0.329. The fourth-order valence-corrected chi connectivity index (χ4v) is 2.75. The number of methoxy groups -OCH3 is 1. The van der Waals surface area contributed by atoms with Gasteiger partial charge in [0, 0.05) is 5.71 Å². The summed E-state index contributed by atoms with van der Waals surface area (Å²) in [5.74, 6) is 0.0636. The van der Waals surface area contributed by atoms with E-state index in [1.54, 1.807) is 32.2 Å². The number of ether oxygens (including phenoxy) is 3. The van der Waals surface area contributed by atoms with Gasteiger partial charge < -0.3 is 19.5 Å². The van der Waals surface area contributed by atoms with Crippen molar-refractivity contribution in [2.45, 2.75) is 33.2 Å². The summed E-state index contributed by atoms with van der Waals surface area (Å²) in [7, 11) is 1.54. The van der Waals surface area contributed by atoms with Crippen LogP contribution in [0.3, 0.4) is 0 Å². The number of nitrogens with one attached hydrogen (secondary N) is 1. The van der Waals surface area contributed by atoms with Crippen LogP contribution in [0.5, 0.6) is 11.5 Å². The molecular formula is C18H24N2O5. The summed E-state index contributed by atoms with van der Waals surface area (Å²) in [4.78, 5) is 28.2. The molecule has 0 fully saturated rings. The van der Waals surface area contributed by atoms with Crippen LogP contribution < -0.4 is 14.8 Å². The second kappa shape index (κ2) is 8.50. The van der Waals surface area contributed by atoms with Gasteiger partial charge in [0.15, 0.2) is 11.5 Å². The predicted molar refractivity (Wildman–Crippen MR) is 93.3 cm³/mol. The highest BCUT2D eigenvalue weighted by molar-refractivity contribution is 6.08. The van der Waals surface area contributed by atoms with Gasteiger partial charge in [-0.15, -0.1) is 0 Å². The molecule has 1 heterocycles. The summed E-state index contributed by atoms with van der Waals surface area (Å²) in [5, 5.41) is 2.75. The third-order valence-corrected chi connectivity index (χ3v) is 3.89. The van der Waals surface area contributed by atoms with Gasteiger partial charge in [-0.3, -0.25) is 4.79 Å². The molecule has 0 aromatic heterocycles. The Balaban J connectivity index is 2.37. The molecule has 7 nitrogen and oxygen atoms in total. The highest BCUT2D eigenvalue weighted by Gasteiger charge is 2.38. The quantitative estimate of drug-likeness (QED) is 0.766. The zero-order chi connectivity index (χ0) is 18.4. The van der Waals surface area contributed by atoms with Crippen LogP contribution in [0.4, 0.5) is 4.79 Å². The maximum absolute atomic E-state index is 12.5. The topological polar surface area (TPSA) is 86.2 Å². The van der Waals surface area contributed by atoms with Crippen molar-refractivity contribution < 1.29 is 23.8 Å². The van der Waals surface area contributed by atoms with Crippen LogP contribution in [0, 0.1) is 5.92 Å².